The van der Waals surface area contributed by atoms with Crippen LogP contribution in [0.15, 0.2) is 42.7 Å². The van der Waals surface area contributed by atoms with Crippen molar-refractivity contribution in [1.29, 1.82) is 0 Å². The first-order valence-electron chi connectivity index (χ1n) is 7.84. The van der Waals surface area contributed by atoms with Gasteiger partial charge >= 0.3 is 0 Å². The van der Waals surface area contributed by atoms with Crippen molar-refractivity contribution in [2.75, 3.05) is 18.0 Å². The van der Waals surface area contributed by atoms with E-state index >= 15 is 0 Å². The van der Waals surface area contributed by atoms with Crippen LogP contribution in [0, 0.1) is 17.2 Å². The van der Waals surface area contributed by atoms with Crippen LogP contribution >= 0.6 is 11.6 Å². The highest BCUT2D eigenvalue weighted by Gasteiger charge is 2.54. The third-order valence-corrected chi connectivity index (χ3v) is 5.47. The molecular formula is C18H18ClFN2O. The molecule has 1 spiro atoms. The lowest BCUT2D eigenvalue weighted by atomic mass is 9.56. The van der Waals surface area contributed by atoms with E-state index in [9.17, 15) is 9.50 Å². The first kappa shape index (κ1) is 14.9. The summed E-state index contributed by atoms with van der Waals surface area (Å²) in [4.78, 5) is 6.29. The summed E-state index contributed by atoms with van der Waals surface area (Å²) >= 11 is 5.85. The molecule has 2 aliphatic rings. The molecular weight excluding hydrogens is 315 g/mol. The Balaban J connectivity index is 1.35. The lowest BCUT2D eigenvalue weighted by molar-refractivity contribution is -0.0509. The number of hydrogen-bond donors (Lipinski definition) is 1. The van der Waals surface area contributed by atoms with Gasteiger partial charge in [-0.25, -0.2) is 4.39 Å². The fourth-order valence-electron chi connectivity index (χ4n) is 3.98. The van der Waals surface area contributed by atoms with Crippen molar-refractivity contribution < 1.29 is 9.50 Å². The van der Waals surface area contributed by atoms with Crippen molar-refractivity contribution >= 4 is 17.3 Å². The van der Waals surface area contributed by atoms with Gasteiger partial charge in [-0.1, -0.05) is 17.7 Å². The molecule has 0 bridgehead atoms. The Morgan fingerprint density at radius 2 is 2.09 bits per heavy atom. The number of aliphatic hydroxyl groups is 1. The largest absolute Gasteiger partial charge is 0.388 e. The van der Waals surface area contributed by atoms with Crippen LogP contribution in [0.25, 0.3) is 0 Å². The second kappa shape index (κ2) is 5.46. The Bertz CT molecular complexity index is 710. The van der Waals surface area contributed by atoms with Gasteiger partial charge in [0.2, 0.25) is 0 Å². The number of pyridine rings is 1. The van der Waals surface area contributed by atoms with Gasteiger partial charge in [0.25, 0.3) is 0 Å². The van der Waals surface area contributed by atoms with Gasteiger partial charge in [0.05, 0.1) is 11.1 Å². The molecule has 2 fully saturated rings. The third kappa shape index (κ3) is 2.60. The van der Waals surface area contributed by atoms with Crippen LogP contribution in [-0.2, 0) is 0 Å². The third-order valence-electron chi connectivity index (χ3n) is 5.18. The molecule has 0 amide bonds. The molecule has 3 nitrogen and oxygen atoms in total. The van der Waals surface area contributed by atoms with Gasteiger partial charge in [-0.15, -0.1) is 0 Å². The molecule has 5 heteroatoms. The number of anilines is 1. The Morgan fingerprint density at radius 3 is 2.74 bits per heavy atom. The normalized spacial score (nSPS) is 20.9. The standard InChI is InChI=1S/C18H18ClFN2O/c19-15-6-14(3-4-16(15)20)22-10-18(11-22)7-13(8-18)17(23)12-2-1-5-21-9-12/h1-6,9,13,17,23H,7-8,10-11H2. The molecule has 2 aromatic rings. The van der Waals surface area contributed by atoms with E-state index in [1.165, 1.54) is 6.07 Å². The van der Waals surface area contributed by atoms with Crippen LogP contribution in [-0.4, -0.2) is 23.2 Å². The number of halogens is 2. The molecule has 1 aromatic carbocycles. The molecule has 1 N–H and O–H groups in total. The number of aromatic nitrogens is 1. The van der Waals surface area contributed by atoms with E-state index in [-0.39, 0.29) is 10.8 Å². The summed E-state index contributed by atoms with van der Waals surface area (Å²) in [6.45, 7) is 1.90. The molecule has 1 aliphatic heterocycles. The first-order chi connectivity index (χ1) is 11.1. The van der Waals surface area contributed by atoms with E-state index in [1.807, 2.05) is 12.1 Å². The van der Waals surface area contributed by atoms with Crippen molar-refractivity contribution in [2.24, 2.45) is 11.3 Å². The fraction of sp³-hybridized carbons (Fsp3) is 0.389. The number of benzene rings is 1. The van der Waals surface area contributed by atoms with Gasteiger partial charge in [0, 0.05) is 36.6 Å². The van der Waals surface area contributed by atoms with Crippen LogP contribution in [0.1, 0.15) is 24.5 Å². The maximum absolute atomic E-state index is 13.2. The fourth-order valence-corrected chi connectivity index (χ4v) is 4.16. The Hall–Kier alpha value is -1.65. The second-order valence-electron chi connectivity index (χ2n) is 6.85. The average Bonchev–Trinajstić information content (AvgIpc) is 2.48. The predicted molar refractivity (Wildman–Crippen MR) is 88.0 cm³/mol. The summed E-state index contributed by atoms with van der Waals surface area (Å²) in [5, 5.41) is 10.6. The van der Waals surface area contributed by atoms with Crippen LogP contribution < -0.4 is 4.90 Å². The number of nitrogens with zero attached hydrogens (tertiary/aromatic N) is 2. The topological polar surface area (TPSA) is 36.4 Å². The molecule has 1 aliphatic carbocycles. The van der Waals surface area contributed by atoms with Crippen LogP contribution in [0.5, 0.6) is 0 Å². The molecule has 1 aromatic heterocycles. The van der Waals surface area contributed by atoms with Crippen LogP contribution in [0.4, 0.5) is 10.1 Å². The highest BCUT2D eigenvalue weighted by Crippen LogP contribution is 2.56. The monoisotopic (exact) mass is 332 g/mol. The summed E-state index contributed by atoms with van der Waals surface area (Å²) in [6.07, 6.45) is 5.08. The highest BCUT2D eigenvalue weighted by molar-refractivity contribution is 6.31. The zero-order chi connectivity index (χ0) is 16.0. The van der Waals surface area contributed by atoms with Crippen LogP contribution in [0.2, 0.25) is 5.02 Å². The molecule has 2 heterocycles. The van der Waals surface area contributed by atoms with Gasteiger partial charge in [-0.3, -0.25) is 4.98 Å². The molecule has 1 unspecified atom stereocenters. The summed E-state index contributed by atoms with van der Waals surface area (Å²) in [5.41, 5.74) is 2.17. The molecule has 4 rings (SSSR count). The van der Waals surface area contributed by atoms with Gasteiger partial charge in [-0.05, 0) is 48.6 Å². The predicted octanol–water partition coefficient (Wildman–Crippen LogP) is 3.82. The van der Waals surface area contributed by atoms with Crippen molar-refractivity contribution in [3.05, 3.63) is 59.1 Å². The minimum Gasteiger partial charge on any atom is -0.388 e. The molecule has 120 valence electrons. The molecule has 23 heavy (non-hydrogen) atoms. The smallest absolute Gasteiger partial charge is 0.141 e. The maximum atomic E-state index is 13.2. The van der Waals surface area contributed by atoms with Crippen molar-refractivity contribution in [2.45, 2.75) is 18.9 Å². The number of hydrogen-bond acceptors (Lipinski definition) is 3. The molecule has 0 radical (unpaired) electrons. The van der Waals surface area contributed by atoms with E-state index in [2.05, 4.69) is 9.88 Å². The first-order valence-corrected chi connectivity index (χ1v) is 8.22. The lowest BCUT2D eigenvalue weighted by Gasteiger charge is -2.60. The van der Waals surface area contributed by atoms with Gasteiger partial charge in [0.15, 0.2) is 0 Å². The van der Waals surface area contributed by atoms with E-state index in [0.29, 0.717) is 11.3 Å². The maximum Gasteiger partial charge on any atom is 0.141 e. The summed E-state index contributed by atoms with van der Waals surface area (Å²) in [5.74, 6) is -0.0767. The molecule has 1 atom stereocenters. The van der Waals surface area contributed by atoms with Gasteiger partial charge in [-0.2, -0.15) is 0 Å². The minimum atomic E-state index is -0.427. The van der Waals surface area contributed by atoms with Gasteiger partial charge in [0.1, 0.15) is 5.82 Å². The summed E-state index contributed by atoms with van der Waals surface area (Å²) in [7, 11) is 0. The van der Waals surface area contributed by atoms with Crippen molar-refractivity contribution in [3.63, 3.8) is 0 Å². The van der Waals surface area contributed by atoms with E-state index in [4.69, 9.17) is 11.6 Å². The number of rotatable bonds is 3. The van der Waals surface area contributed by atoms with E-state index in [1.54, 1.807) is 24.5 Å². The number of aliphatic hydroxyl groups excluding tert-OH is 1. The van der Waals surface area contributed by atoms with E-state index < -0.39 is 6.10 Å². The molecule has 1 saturated carbocycles. The van der Waals surface area contributed by atoms with Crippen molar-refractivity contribution in [1.82, 2.24) is 4.98 Å². The van der Waals surface area contributed by atoms with E-state index in [0.717, 1.165) is 37.2 Å². The minimum absolute atomic E-state index is 0.168. The Labute approximate surface area is 139 Å². The summed E-state index contributed by atoms with van der Waals surface area (Å²) in [6, 6.07) is 8.66. The lowest BCUT2D eigenvalue weighted by Crippen LogP contribution is -2.63. The zero-order valence-electron chi connectivity index (χ0n) is 12.6. The van der Waals surface area contributed by atoms with Crippen LogP contribution in [0.3, 0.4) is 0 Å². The Morgan fingerprint density at radius 1 is 1.30 bits per heavy atom. The van der Waals surface area contributed by atoms with Crippen molar-refractivity contribution in [3.8, 4) is 0 Å². The zero-order valence-corrected chi connectivity index (χ0v) is 13.4. The van der Waals surface area contributed by atoms with Gasteiger partial charge < -0.3 is 10.0 Å². The second-order valence-corrected chi connectivity index (χ2v) is 7.26. The Kier molecular flexibility index (Phi) is 3.54. The molecule has 1 saturated heterocycles. The quantitative estimate of drug-likeness (QED) is 0.928. The SMILES string of the molecule is OC(c1cccnc1)C1CC2(C1)CN(c1ccc(F)c(Cl)c1)C2. The highest BCUT2D eigenvalue weighted by atomic mass is 35.5. The average molecular weight is 333 g/mol. The summed E-state index contributed by atoms with van der Waals surface area (Å²) < 4.78 is 13.2.